The molecule has 3 rings (SSSR count). The van der Waals surface area contributed by atoms with Crippen LogP contribution in [0.2, 0.25) is 5.02 Å². The first-order chi connectivity index (χ1) is 13.2. The lowest BCUT2D eigenvalue weighted by Crippen LogP contribution is -2.46. The molecule has 0 saturated carbocycles. The summed E-state index contributed by atoms with van der Waals surface area (Å²) in [6, 6.07) is 7.61. The molecule has 2 N–H and O–H groups in total. The van der Waals surface area contributed by atoms with Gasteiger partial charge in [-0.25, -0.2) is 9.48 Å². The van der Waals surface area contributed by atoms with Crippen molar-refractivity contribution >= 4 is 29.9 Å². The molecule has 2 heterocycles. The number of nitrogens with zero attached hydrogens (tertiary/aromatic N) is 3. The van der Waals surface area contributed by atoms with Gasteiger partial charge in [-0.1, -0.05) is 11.6 Å². The molecular formula is C19H26ClN5O2S. The number of alkyl carbamates (subject to hydrolysis) is 1. The van der Waals surface area contributed by atoms with Gasteiger partial charge in [0.25, 0.3) is 0 Å². The maximum absolute atomic E-state index is 11.9. The van der Waals surface area contributed by atoms with Crippen molar-refractivity contribution in [2.75, 3.05) is 13.1 Å². The largest absolute Gasteiger partial charge is 0.444 e. The predicted octanol–water partition coefficient (Wildman–Crippen LogP) is 4.21. The molecule has 1 aromatic heterocycles. The zero-order valence-corrected chi connectivity index (χ0v) is 17.9. The van der Waals surface area contributed by atoms with Crippen LogP contribution in [0.4, 0.5) is 4.79 Å². The van der Waals surface area contributed by atoms with Crippen molar-refractivity contribution in [3.8, 4) is 11.4 Å². The molecule has 0 atom stereocenters. The second kappa shape index (κ2) is 8.63. The summed E-state index contributed by atoms with van der Waals surface area (Å²) in [7, 11) is 0. The Morgan fingerprint density at radius 2 is 1.96 bits per heavy atom. The van der Waals surface area contributed by atoms with Crippen LogP contribution >= 0.6 is 23.8 Å². The van der Waals surface area contributed by atoms with Gasteiger partial charge in [-0.2, -0.15) is 4.98 Å². The number of aromatic nitrogens is 3. The number of ether oxygens (including phenoxy) is 1. The number of carbonyl (C=O) groups is 1. The standard InChI is InChI=1S/C19H26ClN5O2S/c1-19(2,3)27-18(26)21-15-8-10-24(11-9-15)12-25-17(28)22-16(23-25)13-4-6-14(20)7-5-13/h4-7,15H,8-12H2,1-3H3,(H,21,26)(H,22,23,28). The van der Waals surface area contributed by atoms with Crippen LogP contribution in [0.25, 0.3) is 11.4 Å². The van der Waals surface area contributed by atoms with Crippen LogP contribution in [0.1, 0.15) is 33.6 Å². The summed E-state index contributed by atoms with van der Waals surface area (Å²) in [5.74, 6) is 0.725. The molecule has 1 aliphatic heterocycles. The van der Waals surface area contributed by atoms with E-state index in [1.54, 1.807) is 0 Å². The lowest BCUT2D eigenvalue weighted by Gasteiger charge is -2.32. The molecule has 0 spiro atoms. The number of aromatic amines is 1. The fourth-order valence-electron chi connectivity index (χ4n) is 3.08. The summed E-state index contributed by atoms with van der Waals surface area (Å²) in [5, 5.41) is 6.90. The second-order valence-corrected chi connectivity index (χ2v) is 8.77. The van der Waals surface area contributed by atoms with Crippen molar-refractivity contribution in [1.29, 1.82) is 0 Å². The van der Waals surface area contributed by atoms with Gasteiger partial charge in [0.2, 0.25) is 4.77 Å². The topological polar surface area (TPSA) is 75.2 Å². The Labute approximate surface area is 175 Å². The van der Waals surface area contributed by atoms with Gasteiger partial charge in [0.15, 0.2) is 5.82 Å². The number of likely N-dealkylation sites (tertiary alicyclic amines) is 1. The summed E-state index contributed by atoms with van der Waals surface area (Å²) < 4.78 is 7.70. The number of piperidine rings is 1. The van der Waals surface area contributed by atoms with E-state index >= 15 is 0 Å². The van der Waals surface area contributed by atoms with Crippen molar-refractivity contribution in [3.63, 3.8) is 0 Å². The number of hydrogen-bond acceptors (Lipinski definition) is 5. The van der Waals surface area contributed by atoms with E-state index in [2.05, 4.69) is 20.3 Å². The number of rotatable bonds is 4. The van der Waals surface area contributed by atoms with Gasteiger partial charge in [-0.15, -0.1) is 0 Å². The van der Waals surface area contributed by atoms with Crippen LogP contribution < -0.4 is 5.32 Å². The average molecular weight is 424 g/mol. The summed E-state index contributed by atoms with van der Waals surface area (Å²) in [5.41, 5.74) is 0.457. The molecule has 1 saturated heterocycles. The van der Waals surface area contributed by atoms with Crippen molar-refractivity contribution < 1.29 is 9.53 Å². The molecule has 7 nitrogen and oxygen atoms in total. The summed E-state index contributed by atoms with van der Waals surface area (Å²) >= 11 is 11.3. The third kappa shape index (κ3) is 5.80. The molecule has 1 fully saturated rings. The fourth-order valence-corrected chi connectivity index (χ4v) is 3.40. The number of H-pyrrole nitrogens is 1. The van der Waals surface area contributed by atoms with Crippen LogP contribution in [-0.4, -0.2) is 50.5 Å². The Morgan fingerprint density at radius 1 is 1.32 bits per heavy atom. The van der Waals surface area contributed by atoms with Gasteiger partial charge in [0.05, 0.1) is 6.67 Å². The molecule has 152 valence electrons. The first-order valence-corrected chi connectivity index (χ1v) is 10.1. The molecule has 0 unspecified atom stereocenters. The van der Waals surface area contributed by atoms with Crippen LogP contribution in [0.5, 0.6) is 0 Å². The van der Waals surface area contributed by atoms with Crippen molar-refractivity contribution in [2.45, 2.75) is 51.9 Å². The molecule has 2 aromatic rings. The van der Waals surface area contributed by atoms with Gasteiger partial charge in [-0.3, -0.25) is 10.00 Å². The van der Waals surface area contributed by atoms with Gasteiger partial charge in [0.1, 0.15) is 5.60 Å². The molecule has 1 amide bonds. The molecule has 1 aromatic carbocycles. The molecule has 28 heavy (non-hydrogen) atoms. The summed E-state index contributed by atoms with van der Waals surface area (Å²) in [4.78, 5) is 18.6. The Bertz CT molecular complexity index is 864. The molecule has 0 radical (unpaired) electrons. The third-order valence-electron chi connectivity index (χ3n) is 4.45. The summed E-state index contributed by atoms with van der Waals surface area (Å²) in [6.07, 6.45) is 1.38. The number of amides is 1. The Balaban J connectivity index is 1.53. The molecule has 0 aliphatic carbocycles. The van der Waals surface area contributed by atoms with Gasteiger partial charge in [0, 0.05) is 29.7 Å². The first-order valence-electron chi connectivity index (χ1n) is 9.34. The number of hydrogen-bond donors (Lipinski definition) is 2. The van der Waals surface area contributed by atoms with E-state index in [1.807, 2.05) is 49.7 Å². The SMILES string of the molecule is CC(C)(C)OC(=O)NC1CCN(Cn2[nH]c(-c3ccc(Cl)cc3)nc2=S)CC1. The minimum absolute atomic E-state index is 0.130. The minimum atomic E-state index is -0.482. The summed E-state index contributed by atoms with van der Waals surface area (Å²) in [6.45, 7) is 7.94. The molecule has 0 bridgehead atoms. The van der Waals surface area contributed by atoms with Crippen molar-refractivity contribution in [3.05, 3.63) is 34.1 Å². The third-order valence-corrected chi connectivity index (χ3v) is 5.01. The number of benzene rings is 1. The maximum atomic E-state index is 11.9. The van der Waals surface area contributed by atoms with E-state index < -0.39 is 5.60 Å². The number of carbonyl (C=O) groups excluding carboxylic acids is 1. The highest BCUT2D eigenvalue weighted by Crippen LogP contribution is 2.19. The van der Waals surface area contributed by atoms with E-state index in [-0.39, 0.29) is 12.1 Å². The van der Waals surface area contributed by atoms with E-state index in [4.69, 9.17) is 28.6 Å². The van der Waals surface area contributed by atoms with E-state index in [0.29, 0.717) is 16.5 Å². The monoisotopic (exact) mass is 423 g/mol. The predicted molar refractivity (Wildman–Crippen MR) is 112 cm³/mol. The number of halogens is 1. The van der Waals surface area contributed by atoms with E-state index in [9.17, 15) is 4.79 Å². The normalized spacial score (nSPS) is 16.1. The second-order valence-electron chi connectivity index (χ2n) is 7.97. The highest BCUT2D eigenvalue weighted by atomic mass is 35.5. The quantitative estimate of drug-likeness (QED) is 0.720. The number of nitrogens with one attached hydrogen (secondary N) is 2. The minimum Gasteiger partial charge on any atom is -0.444 e. The Morgan fingerprint density at radius 3 is 2.57 bits per heavy atom. The van der Waals surface area contributed by atoms with Gasteiger partial charge < -0.3 is 10.1 Å². The van der Waals surface area contributed by atoms with Crippen LogP contribution in [0.15, 0.2) is 24.3 Å². The maximum Gasteiger partial charge on any atom is 0.407 e. The highest BCUT2D eigenvalue weighted by Gasteiger charge is 2.24. The highest BCUT2D eigenvalue weighted by molar-refractivity contribution is 7.71. The Kier molecular flexibility index (Phi) is 6.42. The van der Waals surface area contributed by atoms with E-state index in [1.165, 1.54) is 0 Å². The van der Waals surface area contributed by atoms with Crippen LogP contribution in [-0.2, 0) is 11.4 Å². The van der Waals surface area contributed by atoms with Crippen LogP contribution in [0, 0.1) is 4.77 Å². The zero-order chi connectivity index (χ0) is 20.3. The molecule has 9 heteroatoms. The van der Waals surface area contributed by atoms with Crippen molar-refractivity contribution in [1.82, 2.24) is 25.0 Å². The first kappa shape index (κ1) is 20.8. The Hall–Kier alpha value is -1.90. The molecule has 1 aliphatic rings. The van der Waals surface area contributed by atoms with Crippen molar-refractivity contribution in [2.24, 2.45) is 0 Å². The lowest BCUT2D eigenvalue weighted by molar-refractivity contribution is 0.0470. The fraction of sp³-hybridized carbons (Fsp3) is 0.526. The average Bonchev–Trinajstić information content (AvgIpc) is 2.96. The molecular weight excluding hydrogens is 398 g/mol. The van der Waals surface area contributed by atoms with Crippen LogP contribution in [0.3, 0.4) is 0 Å². The zero-order valence-electron chi connectivity index (χ0n) is 16.4. The smallest absolute Gasteiger partial charge is 0.407 e. The van der Waals surface area contributed by atoms with Gasteiger partial charge >= 0.3 is 6.09 Å². The lowest BCUT2D eigenvalue weighted by atomic mass is 10.1. The van der Waals surface area contributed by atoms with Gasteiger partial charge in [-0.05, 0) is 70.1 Å². The van der Waals surface area contributed by atoms with E-state index in [0.717, 1.165) is 37.3 Å².